The molecule has 92 valence electrons. The van der Waals surface area contributed by atoms with Gasteiger partial charge in [0.1, 0.15) is 18.7 Å². The summed E-state index contributed by atoms with van der Waals surface area (Å²) in [5.74, 6) is 0.544. The van der Waals surface area contributed by atoms with Crippen LogP contribution in [0.2, 0.25) is 0 Å². The van der Waals surface area contributed by atoms with E-state index in [1.165, 1.54) is 19.2 Å². The summed E-state index contributed by atoms with van der Waals surface area (Å²) in [4.78, 5) is 21.0. The van der Waals surface area contributed by atoms with Gasteiger partial charge in [0.2, 0.25) is 0 Å². The number of aromatic nitrogens is 2. The Morgan fingerprint density at radius 3 is 2.88 bits per heavy atom. The first kappa shape index (κ1) is 11.8. The molecule has 1 saturated carbocycles. The van der Waals surface area contributed by atoms with E-state index in [-0.39, 0.29) is 6.54 Å². The molecule has 0 aromatic carbocycles. The van der Waals surface area contributed by atoms with Crippen LogP contribution in [0.3, 0.4) is 0 Å². The van der Waals surface area contributed by atoms with Crippen LogP contribution in [0, 0.1) is 5.92 Å². The topological polar surface area (TPSA) is 66.3 Å². The summed E-state index contributed by atoms with van der Waals surface area (Å²) in [6, 6.07) is 1.88. The van der Waals surface area contributed by atoms with Crippen LogP contribution >= 0.6 is 0 Å². The quantitative estimate of drug-likeness (QED) is 0.806. The third-order valence-electron chi connectivity index (χ3n) is 2.90. The molecule has 2 rings (SSSR count). The standard InChI is InChI=1S/C12H17N3O2/c1-2-10-5-11(14-8-13-10)15(7-12(16)17)6-9-3-4-9/h5,8-9H,2-4,6-7H2,1H3,(H,16,17). The van der Waals surface area contributed by atoms with E-state index in [2.05, 4.69) is 9.97 Å². The van der Waals surface area contributed by atoms with Crippen LogP contribution in [0.1, 0.15) is 25.5 Å². The summed E-state index contributed by atoms with van der Waals surface area (Å²) < 4.78 is 0. The highest BCUT2D eigenvalue weighted by molar-refractivity contribution is 5.73. The molecule has 0 aliphatic heterocycles. The highest BCUT2D eigenvalue weighted by Crippen LogP contribution is 2.30. The van der Waals surface area contributed by atoms with Gasteiger partial charge >= 0.3 is 5.97 Å². The van der Waals surface area contributed by atoms with Crippen molar-refractivity contribution < 1.29 is 9.90 Å². The fourth-order valence-corrected chi connectivity index (χ4v) is 1.77. The van der Waals surface area contributed by atoms with Crippen molar-refractivity contribution in [1.29, 1.82) is 0 Å². The second-order valence-corrected chi connectivity index (χ2v) is 4.44. The van der Waals surface area contributed by atoms with Crippen molar-refractivity contribution in [3.8, 4) is 0 Å². The summed E-state index contributed by atoms with van der Waals surface area (Å²) in [5.41, 5.74) is 0.946. The smallest absolute Gasteiger partial charge is 0.323 e. The van der Waals surface area contributed by atoms with Crippen LogP contribution in [0.5, 0.6) is 0 Å². The van der Waals surface area contributed by atoms with Crippen LogP contribution in [0.4, 0.5) is 5.82 Å². The molecular formula is C12H17N3O2. The Balaban J connectivity index is 2.13. The highest BCUT2D eigenvalue weighted by Gasteiger charge is 2.26. The first-order valence-electron chi connectivity index (χ1n) is 5.96. The minimum absolute atomic E-state index is 0.0106. The summed E-state index contributed by atoms with van der Waals surface area (Å²) in [6.07, 6.45) is 4.74. The van der Waals surface area contributed by atoms with Crippen molar-refractivity contribution in [3.63, 3.8) is 0 Å². The Hall–Kier alpha value is -1.65. The van der Waals surface area contributed by atoms with E-state index < -0.39 is 5.97 Å². The number of carboxylic acid groups (broad SMARTS) is 1. The molecule has 0 unspecified atom stereocenters. The van der Waals surface area contributed by atoms with Crippen molar-refractivity contribution in [2.24, 2.45) is 5.92 Å². The van der Waals surface area contributed by atoms with Crippen LogP contribution in [-0.2, 0) is 11.2 Å². The molecule has 0 amide bonds. The monoisotopic (exact) mass is 235 g/mol. The number of rotatable bonds is 6. The maximum absolute atomic E-state index is 10.9. The Bertz CT molecular complexity index is 404. The average molecular weight is 235 g/mol. The largest absolute Gasteiger partial charge is 0.480 e. The first-order chi connectivity index (χ1) is 8.19. The van der Waals surface area contributed by atoms with Gasteiger partial charge in [0.05, 0.1) is 0 Å². The molecule has 1 N–H and O–H groups in total. The number of hydrogen-bond acceptors (Lipinski definition) is 4. The fraction of sp³-hybridized carbons (Fsp3) is 0.583. The first-order valence-corrected chi connectivity index (χ1v) is 5.96. The Labute approximate surface area is 100 Å². The molecule has 5 nitrogen and oxygen atoms in total. The van der Waals surface area contributed by atoms with Gasteiger partial charge in [-0.25, -0.2) is 9.97 Å². The van der Waals surface area contributed by atoms with Crippen LogP contribution in [0.15, 0.2) is 12.4 Å². The summed E-state index contributed by atoms with van der Waals surface area (Å²) in [5, 5.41) is 8.92. The molecule has 0 bridgehead atoms. The van der Waals surface area contributed by atoms with Crippen molar-refractivity contribution in [2.75, 3.05) is 18.0 Å². The second kappa shape index (κ2) is 5.12. The number of hydrogen-bond donors (Lipinski definition) is 1. The summed E-state index contributed by atoms with van der Waals surface area (Å²) in [6.45, 7) is 2.82. The van der Waals surface area contributed by atoms with Gasteiger partial charge < -0.3 is 10.0 Å². The predicted molar refractivity (Wildman–Crippen MR) is 64.0 cm³/mol. The van der Waals surface area contributed by atoms with Gasteiger partial charge in [0.15, 0.2) is 0 Å². The third kappa shape index (κ3) is 3.41. The Kier molecular flexibility index (Phi) is 3.56. The molecule has 5 heteroatoms. The van der Waals surface area contributed by atoms with E-state index in [4.69, 9.17) is 5.11 Å². The molecule has 1 aliphatic rings. The van der Waals surface area contributed by atoms with Gasteiger partial charge in [-0.05, 0) is 25.2 Å². The molecule has 1 heterocycles. The lowest BCUT2D eigenvalue weighted by Gasteiger charge is -2.21. The van der Waals surface area contributed by atoms with Gasteiger partial charge in [0.25, 0.3) is 0 Å². The lowest BCUT2D eigenvalue weighted by molar-refractivity contribution is -0.135. The number of carboxylic acids is 1. The highest BCUT2D eigenvalue weighted by atomic mass is 16.4. The fourth-order valence-electron chi connectivity index (χ4n) is 1.77. The zero-order valence-corrected chi connectivity index (χ0v) is 9.96. The predicted octanol–water partition coefficient (Wildman–Crippen LogP) is 1.34. The second-order valence-electron chi connectivity index (χ2n) is 4.44. The van der Waals surface area contributed by atoms with Gasteiger partial charge in [-0.2, -0.15) is 0 Å². The van der Waals surface area contributed by atoms with Crippen molar-refractivity contribution in [3.05, 3.63) is 18.1 Å². The molecular weight excluding hydrogens is 218 g/mol. The number of nitrogens with zero attached hydrogens (tertiary/aromatic N) is 3. The number of carbonyl (C=O) groups is 1. The van der Waals surface area contributed by atoms with Crippen molar-refractivity contribution in [1.82, 2.24) is 9.97 Å². The van der Waals surface area contributed by atoms with Gasteiger partial charge in [0, 0.05) is 18.3 Å². The van der Waals surface area contributed by atoms with Crippen molar-refractivity contribution >= 4 is 11.8 Å². The zero-order valence-electron chi connectivity index (χ0n) is 9.96. The van der Waals surface area contributed by atoms with Crippen LogP contribution in [0.25, 0.3) is 0 Å². The average Bonchev–Trinajstić information content (AvgIpc) is 3.12. The molecule has 1 aromatic heterocycles. The van der Waals surface area contributed by atoms with E-state index >= 15 is 0 Å². The summed E-state index contributed by atoms with van der Waals surface area (Å²) in [7, 11) is 0. The van der Waals surface area contributed by atoms with Crippen LogP contribution in [-0.4, -0.2) is 34.1 Å². The van der Waals surface area contributed by atoms with E-state index in [0.29, 0.717) is 5.92 Å². The SMILES string of the molecule is CCc1cc(N(CC(=O)O)CC2CC2)ncn1. The minimum atomic E-state index is -0.817. The lowest BCUT2D eigenvalue weighted by atomic mass is 10.3. The normalized spacial score (nSPS) is 14.6. The summed E-state index contributed by atoms with van der Waals surface area (Å²) >= 11 is 0. The third-order valence-corrected chi connectivity index (χ3v) is 2.90. The minimum Gasteiger partial charge on any atom is -0.480 e. The molecule has 0 atom stereocenters. The number of aliphatic carboxylic acids is 1. The molecule has 1 fully saturated rings. The van der Waals surface area contributed by atoms with Crippen LogP contribution < -0.4 is 4.90 Å². The molecule has 0 spiro atoms. The van der Waals surface area contributed by atoms with E-state index in [9.17, 15) is 4.79 Å². The van der Waals surface area contributed by atoms with E-state index in [1.807, 2.05) is 17.9 Å². The molecule has 1 aromatic rings. The maximum atomic E-state index is 10.9. The van der Waals surface area contributed by atoms with E-state index in [0.717, 1.165) is 24.5 Å². The Morgan fingerprint density at radius 1 is 1.53 bits per heavy atom. The molecule has 17 heavy (non-hydrogen) atoms. The van der Waals surface area contributed by atoms with Crippen molar-refractivity contribution in [2.45, 2.75) is 26.2 Å². The lowest BCUT2D eigenvalue weighted by Crippen LogP contribution is -2.32. The molecule has 0 radical (unpaired) electrons. The van der Waals surface area contributed by atoms with E-state index in [1.54, 1.807) is 0 Å². The van der Waals surface area contributed by atoms with Gasteiger partial charge in [-0.3, -0.25) is 4.79 Å². The molecule has 0 saturated heterocycles. The van der Waals surface area contributed by atoms with Gasteiger partial charge in [-0.1, -0.05) is 6.92 Å². The van der Waals surface area contributed by atoms with Gasteiger partial charge in [-0.15, -0.1) is 0 Å². The maximum Gasteiger partial charge on any atom is 0.323 e. The molecule has 1 aliphatic carbocycles. The Morgan fingerprint density at radius 2 is 2.29 bits per heavy atom. The number of anilines is 1. The number of aryl methyl sites for hydroxylation is 1. The zero-order chi connectivity index (χ0) is 12.3.